The van der Waals surface area contributed by atoms with Crippen molar-refractivity contribution >= 4 is 39.3 Å². The number of imidazole rings is 1. The maximum Gasteiger partial charge on any atom is 0.184 e. The van der Waals surface area contributed by atoms with Crippen LogP contribution in [0.3, 0.4) is 0 Å². The maximum absolute atomic E-state index is 13.3. The van der Waals surface area contributed by atoms with Gasteiger partial charge in [0, 0.05) is 11.5 Å². The highest BCUT2D eigenvalue weighted by Gasteiger charge is 2.17. The Morgan fingerprint density at radius 1 is 1.43 bits per heavy atom. The summed E-state index contributed by atoms with van der Waals surface area (Å²) in [5.41, 5.74) is 3.62. The summed E-state index contributed by atoms with van der Waals surface area (Å²) in [4.78, 5) is 3.22. The molecule has 2 aromatic heterocycles. The van der Waals surface area contributed by atoms with Crippen molar-refractivity contribution in [2.24, 2.45) is 7.05 Å². The van der Waals surface area contributed by atoms with Crippen molar-refractivity contribution in [2.75, 3.05) is 0 Å². The monoisotopic (exact) mass is 368 g/mol. The van der Waals surface area contributed by atoms with Crippen LogP contribution in [0, 0.1) is 10.6 Å². The van der Waals surface area contributed by atoms with Crippen molar-refractivity contribution < 1.29 is 4.39 Å². The predicted molar refractivity (Wildman–Crippen MR) is 86.9 cm³/mol. The standard InChI is InChI=1S/C14H14BrFN4S/c1-3-4-10-12-13(19(2)18-10)20(14(21)17-12)11-6-5-8(16)7-9(11)15/h5-7H,3-4H2,1-2H3,(H,17,21). The summed E-state index contributed by atoms with van der Waals surface area (Å²) in [6.45, 7) is 2.11. The first-order chi connectivity index (χ1) is 10.0. The molecule has 3 aromatic rings. The number of benzene rings is 1. The number of rotatable bonds is 3. The Morgan fingerprint density at radius 2 is 2.19 bits per heavy atom. The SMILES string of the molecule is CCCc1nn(C)c2c1[nH]c(=S)n2-c1ccc(F)cc1Br. The molecule has 0 saturated heterocycles. The number of hydrogen-bond donors (Lipinski definition) is 1. The fourth-order valence-electron chi connectivity index (χ4n) is 2.51. The van der Waals surface area contributed by atoms with Crippen LogP contribution in [0.2, 0.25) is 0 Å². The van der Waals surface area contributed by atoms with Crippen molar-refractivity contribution in [2.45, 2.75) is 19.8 Å². The number of aryl methyl sites for hydroxylation is 2. The molecule has 0 unspecified atom stereocenters. The Hall–Kier alpha value is -1.47. The summed E-state index contributed by atoms with van der Waals surface area (Å²) >= 11 is 8.84. The van der Waals surface area contributed by atoms with Crippen LogP contribution in [0.5, 0.6) is 0 Å². The Balaban J connectivity index is 2.32. The number of aromatic nitrogens is 4. The number of aromatic amines is 1. The van der Waals surface area contributed by atoms with Crippen molar-refractivity contribution in [1.82, 2.24) is 19.3 Å². The molecule has 7 heteroatoms. The van der Waals surface area contributed by atoms with Crippen LogP contribution < -0.4 is 0 Å². The maximum atomic E-state index is 13.3. The van der Waals surface area contributed by atoms with Gasteiger partial charge in [-0.3, -0.25) is 4.57 Å². The van der Waals surface area contributed by atoms with Gasteiger partial charge >= 0.3 is 0 Å². The normalized spacial score (nSPS) is 11.4. The van der Waals surface area contributed by atoms with Gasteiger partial charge in [0.2, 0.25) is 0 Å². The summed E-state index contributed by atoms with van der Waals surface area (Å²) in [7, 11) is 1.89. The van der Waals surface area contributed by atoms with E-state index in [1.165, 1.54) is 12.1 Å². The second-order valence-corrected chi connectivity index (χ2v) is 6.12. The number of fused-ring (bicyclic) bond motifs is 1. The molecule has 1 N–H and O–H groups in total. The van der Waals surface area contributed by atoms with E-state index < -0.39 is 0 Å². The molecule has 0 bridgehead atoms. The van der Waals surface area contributed by atoms with Crippen LogP contribution in [-0.4, -0.2) is 19.3 Å². The lowest BCUT2D eigenvalue weighted by atomic mass is 10.2. The van der Waals surface area contributed by atoms with E-state index in [9.17, 15) is 4.39 Å². The molecule has 0 aliphatic carbocycles. The van der Waals surface area contributed by atoms with Gasteiger partial charge in [-0.05, 0) is 52.8 Å². The largest absolute Gasteiger partial charge is 0.327 e. The Labute approximate surface area is 134 Å². The highest BCUT2D eigenvalue weighted by Crippen LogP contribution is 2.28. The molecule has 0 aliphatic heterocycles. The second-order valence-electron chi connectivity index (χ2n) is 4.88. The summed E-state index contributed by atoms with van der Waals surface area (Å²) < 4.78 is 18.2. The van der Waals surface area contributed by atoms with Gasteiger partial charge < -0.3 is 4.98 Å². The zero-order chi connectivity index (χ0) is 15.1. The molecule has 0 atom stereocenters. The van der Waals surface area contributed by atoms with E-state index in [1.54, 1.807) is 6.07 Å². The van der Waals surface area contributed by atoms with Crippen LogP contribution in [0.4, 0.5) is 4.39 Å². The average molecular weight is 369 g/mol. The van der Waals surface area contributed by atoms with Gasteiger partial charge in [-0.2, -0.15) is 5.10 Å². The van der Waals surface area contributed by atoms with Crippen LogP contribution in [0.25, 0.3) is 16.9 Å². The van der Waals surface area contributed by atoms with E-state index in [0.717, 1.165) is 35.4 Å². The fourth-order valence-corrected chi connectivity index (χ4v) is 3.33. The number of nitrogens with zero attached hydrogens (tertiary/aromatic N) is 3. The number of nitrogens with one attached hydrogen (secondary N) is 1. The van der Waals surface area contributed by atoms with Crippen LogP contribution in [0.15, 0.2) is 22.7 Å². The van der Waals surface area contributed by atoms with Crippen LogP contribution in [0.1, 0.15) is 19.0 Å². The van der Waals surface area contributed by atoms with Gasteiger partial charge in [-0.1, -0.05) is 13.3 Å². The highest BCUT2D eigenvalue weighted by molar-refractivity contribution is 9.10. The van der Waals surface area contributed by atoms with Crippen molar-refractivity contribution in [1.29, 1.82) is 0 Å². The minimum absolute atomic E-state index is 0.291. The minimum Gasteiger partial charge on any atom is -0.327 e. The van der Waals surface area contributed by atoms with Crippen molar-refractivity contribution in [3.63, 3.8) is 0 Å². The van der Waals surface area contributed by atoms with Gasteiger partial charge in [0.1, 0.15) is 11.3 Å². The zero-order valence-electron chi connectivity index (χ0n) is 11.7. The Kier molecular flexibility index (Phi) is 3.71. The van der Waals surface area contributed by atoms with E-state index in [4.69, 9.17) is 12.2 Å². The number of halogens is 2. The molecule has 1 aromatic carbocycles. The van der Waals surface area contributed by atoms with Crippen LogP contribution >= 0.6 is 28.1 Å². The molecular formula is C14H14BrFN4S. The number of hydrogen-bond acceptors (Lipinski definition) is 2. The van der Waals surface area contributed by atoms with Gasteiger partial charge in [0.25, 0.3) is 0 Å². The molecule has 21 heavy (non-hydrogen) atoms. The zero-order valence-corrected chi connectivity index (χ0v) is 14.1. The Morgan fingerprint density at radius 3 is 2.86 bits per heavy atom. The van der Waals surface area contributed by atoms with Gasteiger partial charge in [0.15, 0.2) is 10.4 Å². The summed E-state index contributed by atoms with van der Waals surface area (Å²) in [6.07, 6.45) is 1.90. The van der Waals surface area contributed by atoms with Crippen LogP contribution in [-0.2, 0) is 13.5 Å². The molecule has 3 rings (SSSR count). The topological polar surface area (TPSA) is 38.5 Å². The van der Waals surface area contributed by atoms with E-state index in [-0.39, 0.29) is 5.82 Å². The molecule has 0 spiro atoms. The number of H-pyrrole nitrogens is 1. The molecule has 0 fully saturated rings. The first-order valence-corrected chi connectivity index (χ1v) is 7.85. The first kappa shape index (κ1) is 14.5. The fraction of sp³-hybridized carbons (Fsp3) is 0.286. The average Bonchev–Trinajstić information content (AvgIpc) is 2.89. The van der Waals surface area contributed by atoms with E-state index in [1.807, 2.05) is 16.3 Å². The lowest BCUT2D eigenvalue weighted by Crippen LogP contribution is -2.02. The lowest BCUT2D eigenvalue weighted by Gasteiger charge is -2.07. The van der Waals surface area contributed by atoms with Crippen molar-refractivity contribution in [3.8, 4) is 5.69 Å². The Bertz CT molecular complexity index is 877. The first-order valence-electron chi connectivity index (χ1n) is 6.65. The molecule has 0 aliphatic rings. The molecule has 2 heterocycles. The summed E-state index contributed by atoms with van der Waals surface area (Å²) in [6, 6.07) is 4.55. The molecule has 0 radical (unpaired) electrons. The second kappa shape index (κ2) is 5.38. The quantitative estimate of drug-likeness (QED) is 0.700. The van der Waals surface area contributed by atoms with Gasteiger partial charge in [-0.15, -0.1) is 0 Å². The van der Waals surface area contributed by atoms with Gasteiger partial charge in [0.05, 0.1) is 11.4 Å². The molecule has 4 nitrogen and oxygen atoms in total. The third kappa shape index (κ3) is 2.34. The molecule has 0 saturated carbocycles. The summed E-state index contributed by atoms with van der Waals surface area (Å²) in [5.74, 6) is -0.291. The molecule has 0 amide bonds. The predicted octanol–water partition coefficient (Wildman–Crippen LogP) is 4.28. The lowest BCUT2D eigenvalue weighted by molar-refractivity contribution is 0.626. The molecule has 110 valence electrons. The third-order valence-electron chi connectivity index (χ3n) is 3.37. The highest BCUT2D eigenvalue weighted by atomic mass is 79.9. The summed E-state index contributed by atoms with van der Waals surface area (Å²) in [5, 5.41) is 4.54. The smallest absolute Gasteiger partial charge is 0.184 e. The van der Waals surface area contributed by atoms with E-state index in [0.29, 0.717) is 9.24 Å². The van der Waals surface area contributed by atoms with Crippen molar-refractivity contribution in [3.05, 3.63) is 39.0 Å². The van der Waals surface area contributed by atoms with E-state index >= 15 is 0 Å². The minimum atomic E-state index is -0.291. The van der Waals surface area contributed by atoms with Gasteiger partial charge in [-0.25, -0.2) is 9.07 Å². The van der Waals surface area contributed by atoms with E-state index in [2.05, 4.69) is 32.9 Å². The molecular weight excluding hydrogens is 355 g/mol. The third-order valence-corrected chi connectivity index (χ3v) is 4.29.